The van der Waals surface area contributed by atoms with Crippen molar-refractivity contribution < 1.29 is 9.21 Å². The summed E-state index contributed by atoms with van der Waals surface area (Å²) in [6.45, 7) is 2.23. The SMILES string of the molecule is CN(Cc1ccco1)C(=O)c1ccc2c(c1)CNC2.Cl. The molecule has 0 saturated carbocycles. The number of hydrogen-bond acceptors (Lipinski definition) is 3. The van der Waals surface area contributed by atoms with Crippen molar-refractivity contribution in [2.45, 2.75) is 19.6 Å². The molecule has 106 valence electrons. The van der Waals surface area contributed by atoms with Crippen LogP contribution in [0.15, 0.2) is 41.0 Å². The van der Waals surface area contributed by atoms with E-state index >= 15 is 0 Å². The number of furan rings is 1. The summed E-state index contributed by atoms with van der Waals surface area (Å²) in [4.78, 5) is 14.0. The molecule has 1 aliphatic heterocycles. The Morgan fingerprint density at radius 2 is 2.10 bits per heavy atom. The number of nitrogens with zero attached hydrogens (tertiary/aromatic N) is 1. The van der Waals surface area contributed by atoms with Crippen molar-refractivity contribution in [1.82, 2.24) is 10.2 Å². The van der Waals surface area contributed by atoms with Gasteiger partial charge in [0, 0.05) is 25.7 Å². The number of carbonyl (C=O) groups is 1. The number of hydrogen-bond donors (Lipinski definition) is 1. The molecule has 1 aromatic carbocycles. The van der Waals surface area contributed by atoms with Crippen LogP contribution in [0, 0.1) is 0 Å². The van der Waals surface area contributed by atoms with E-state index in [4.69, 9.17) is 4.42 Å². The summed E-state index contributed by atoms with van der Waals surface area (Å²) in [7, 11) is 1.79. The third-order valence-electron chi connectivity index (χ3n) is 3.40. The minimum Gasteiger partial charge on any atom is -0.467 e. The first-order valence-corrected chi connectivity index (χ1v) is 6.34. The maximum atomic E-state index is 12.3. The Bertz CT molecular complexity index is 596. The highest BCUT2D eigenvalue weighted by Crippen LogP contribution is 2.18. The highest BCUT2D eigenvalue weighted by Gasteiger charge is 2.16. The normalized spacial score (nSPS) is 12.7. The van der Waals surface area contributed by atoms with Crippen LogP contribution >= 0.6 is 12.4 Å². The number of amides is 1. The first-order chi connectivity index (χ1) is 9.24. The summed E-state index contributed by atoms with van der Waals surface area (Å²) in [5, 5.41) is 3.28. The second-order valence-electron chi connectivity index (χ2n) is 4.83. The Morgan fingerprint density at radius 1 is 1.30 bits per heavy atom. The number of benzene rings is 1. The quantitative estimate of drug-likeness (QED) is 0.946. The van der Waals surface area contributed by atoms with Gasteiger partial charge in [0.15, 0.2) is 0 Å². The standard InChI is InChI=1S/C15H16N2O2.ClH/c1-17(10-14-3-2-6-19-14)15(18)11-4-5-12-8-16-9-13(12)7-11;/h2-7,16H,8-10H2,1H3;1H. The summed E-state index contributed by atoms with van der Waals surface area (Å²) in [5.41, 5.74) is 3.24. The lowest BCUT2D eigenvalue weighted by atomic mass is 10.1. The largest absolute Gasteiger partial charge is 0.467 e. The molecule has 0 spiro atoms. The van der Waals surface area contributed by atoms with Gasteiger partial charge in [-0.05, 0) is 35.4 Å². The summed E-state index contributed by atoms with van der Waals surface area (Å²) in [6.07, 6.45) is 1.62. The van der Waals surface area contributed by atoms with Crippen LogP contribution in [0.25, 0.3) is 0 Å². The second-order valence-corrected chi connectivity index (χ2v) is 4.83. The lowest BCUT2D eigenvalue weighted by Gasteiger charge is -2.16. The van der Waals surface area contributed by atoms with Crippen molar-refractivity contribution in [1.29, 1.82) is 0 Å². The molecule has 1 N–H and O–H groups in total. The van der Waals surface area contributed by atoms with E-state index in [9.17, 15) is 4.79 Å². The summed E-state index contributed by atoms with van der Waals surface area (Å²) in [6, 6.07) is 9.61. The molecule has 1 aliphatic rings. The van der Waals surface area contributed by atoms with Crippen LogP contribution in [0.4, 0.5) is 0 Å². The van der Waals surface area contributed by atoms with Crippen molar-refractivity contribution in [2.24, 2.45) is 0 Å². The lowest BCUT2D eigenvalue weighted by Crippen LogP contribution is -2.26. The molecule has 5 heteroatoms. The molecular weight excluding hydrogens is 276 g/mol. The van der Waals surface area contributed by atoms with Gasteiger partial charge in [0.2, 0.25) is 0 Å². The molecule has 2 heterocycles. The van der Waals surface area contributed by atoms with Gasteiger partial charge < -0.3 is 14.6 Å². The molecule has 0 unspecified atom stereocenters. The van der Waals surface area contributed by atoms with Gasteiger partial charge in [-0.2, -0.15) is 0 Å². The summed E-state index contributed by atoms with van der Waals surface area (Å²) >= 11 is 0. The van der Waals surface area contributed by atoms with Gasteiger partial charge in [-0.15, -0.1) is 12.4 Å². The minimum absolute atomic E-state index is 0. The molecule has 1 aromatic heterocycles. The monoisotopic (exact) mass is 292 g/mol. The number of halogens is 1. The minimum atomic E-state index is 0. The second kappa shape index (κ2) is 6.11. The van der Waals surface area contributed by atoms with E-state index in [2.05, 4.69) is 5.32 Å². The van der Waals surface area contributed by atoms with Crippen LogP contribution in [0.2, 0.25) is 0 Å². The molecule has 0 radical (unpaired) electrons. The van der Waals surface area contributed by atoms with Gasteiger partial charge in [-0.25, -0.2) is 0 Å². The van der Waals surface area contributed by atoms with Crippen LogP contribution in [0.1, 0.15) is 27.2 Å². The smallest absolute Gasteiger partial charge is 0.254 e. The Balaban J connectivity index is 0.00000147. The van der Waals surface area contributed by atoms with E-state index in [1.165, 1.54) is 11.1 Å². The third-order valence-corrected chi connectivity index (χ3v) is 3.40. The number of fused-ring (bicyclic) bond motifs is 1. The van der Waals surface area contributed by atoms with Crippen LogP contribution in [0.3, 0.4) is 0 Å². The zero-order valence-electron chi connectivity index (χ0n) is 11.3. The zero-order chi connectivity index (χ0) is 13.2. The first kappa shape index (κ1) is 14.6. The van der Waals surface area contributed by atoms with Gasteiger partial charge in [0.25, 0.3) is 5.91 Å². The Kier molecular flexibility index (Phi) is 4.47. The number of rotatable bonds is 3. The number of carbonyl (C=O) groups excluding carboxylic acids is 1. The number of nitrogens with one attached hydrogen (secondary N) is 1. The van der Waals surface area contributed by atoms with E-state index < -0.39 is 0 Å². The topological polar surface area (TPSA) is 45.5 Å². The highest BCUT2D eigenvalue weighted by molar-refractivity contribution is 5.94. The maximum Gasteiger partial charge on any atom is 0.254 e. The molecule has 20 heavy (non-hydrogen) atoms. The maximum absolute atomic E-state index is 12.3. The van der Waals surface area contributed by atoms with Gasteiger partial charge in [-0.3, -0.25) is 4.79 Å². The summed E-state index contributed by atoms with van der Waals surface area (Å²) in [5.74, 6) is 0.810. The fourth-order valence-electron chi connectivity index (χ4n) is 2.36. The van der Waals surface area contributed by atoms with Gasteiger partial charge in [0.05, 0.1) is 12.8 Å². The fourth-order valence-corrected chi connectivity index (χ4v) is 2.36. The van der Waals surface area contributed by atoms with E-state index in [-0.39, 0.29) is 18.3 Å². The predicted octanol–water partition coefficient (Wildman–Crippen LogP) is 2.58. The van der Waals surface area contributed by atoms with Crippen LogP contribution in [-0.2, 0) is 19.6 Å². The Hall–Kier alpha value is -1.78. The Labute approximate surface area is 124 Å². The van der Waals surface area contributed by atoms with E-state index in [0.29, 0.717) is 6.54 Å². The van der Waals surface area contributed by atoms with E-state index in [0.717, 1.165) is 24.4 Å². The molecule has 0 saturated heterocycles. The van der Waals surface area contributed by atoms with Gasteiger partial charge in [-0.1, -0.05) is 6.07 Å². The average Bonchev–Trinajstić information content (AvgIpc) is 3.07. The zero-order valence-corrected chi connectivity index (χ0v) is 12.1. The fraction of sp³-hybridized carbons (Fsp3) is 0.267. The molecule has 0 bridgehead atoms. The van der Waals surface area contributed by atoms with Crippen LogP contribution in [0.5, 0.6) is 0 Å². The average molecular weight is 293 g/mol. The lowest BCUT2D eigenvalue weighted by molar-refractivity contribution is 0.0775. The van der Waals surface area contributed by atoms with Crippen molar-refractivity contribution >= 4 is 18.3 Å². The molecule has 0 aliphatic carbocycles. The molecular formula is C15H17ClN2O2. The Morgan fingerprint density at radius 3 is 2.85 bits per heavy atom. The predicted molar refractivity (Wildman–Crippen MR) is 78.7 cm³/mol. The van der Waals surface area contributed by atoms with E-state index in [1.807, 2.05) is 30.3 Å². The molecule has 4 nitrogen and oxygen atoms in total. The van der Waals surface area contributed by atoms with Crippen LogP contribution < -0.4 is 5.32 Å². The van der Waals surface area contributed by atoms with Crippen molar-refractivity contribution in [3.05, 3.63) is 59.0 Å². The van der Waals surface area contributed by atoms with Crippen molar-refractivity contribution in [3.63, 3.8) is 0 Å². The highest BCUT2D eigenvalue weighted by atomic mass is 35.5. The molecule has 0 fully saturated rings. The van der Waals surface area contributed by atoms with Crippen molar-refractivity contribution in [2.75, 3.05) is 7.05 Å². The third kappa shape index (κ3) is 2.86. The molecule has 1 amide bonds. The first-order valence-electron chi connectivity index (χ1n) is 6.34. The van der Waals surface area contributed by atoms with Gasteiger partial charge in [0.1, 0.15) is 5.76 Å². The molecule has 2 aromatic rings. The molecule has 3 rings (SSSR count). The van der Waals surface area contributed by atoms with E-state index in [1.54, 1.807) is 18.2 Å². The van der Waals surface area contributed by atoms with Gasteiger partial charge >= 0.3 is 0 Å². The molecule has 0 atom stereocenters. The summed E-state index contributed by atoms with van der Waals surface area (Å²) < 4.78 is 5.26. The van der Waals surface area contributed by atoms with Crippen LogP contribution in [-0.4, -0.2) is 17.9 Å². The van der Waals surface area contributed by atoms with Crippen molar-refractivity contribution in [3.8, 4) is 0 Å².